The van der Waals surface area contributed by atoms with E-state index in [2.05, 4.69) is 31.0 Å². The summed E-state index contributed by atoms with van der Waals surface area (Å²) in [6.45, 7) is 9.73. The molecule has 4 aliphatic carbocycles. The van der Waals surface area contributed by atoms with Crippen LogP contribution in [0, 0.1) is 35.5 Å². The van der Waals surface area contributed by atoms with Gasteiger partial charge in [0.2, 0.25) is 0 Å². The lowest BCUT2D eigenvalue weighted by atomic mass is 9.73. The van der Waals surface area contributed by atoms with E-state index in [9.17, 15) is 4.79 Å². The maximum absolute atomic E-state index is 12.7. The summed E-state index contributed by atoms with van der Waals surface area (Å²) < 4.78 is 5.93. The molecule has 1 N–H and O–H groups in total. The Labute approximate surface area is 184 Å². The monoisotopic (exact) mass is 418 g/mol. The highest BCUT2D eigenvalue weighted by Crippen LogP contribution is 2.57. The van der Waals surface area contributed by atoms with Crippen molar-refractivity contribution in [2.45, 2.75) is 103 Å². The molecule has 7 unspecified atom stereocenters. The van der Waals surface area contributed by atoms with Crippen molar-refractivity contribution in [3.63, 3.8) is 0 Å². The van der Waals surface area contributed by atoms with Gasteiger partial charge in [0.15, 0.2) is 0 Å². The van der Waals surface area contributed by atoms with Crippen LogP contribution in [-0.4, -0.2) is 42.8 Å². The molecule has 172 valence electrons. The fraction of sp³-hybridized carbons (Fsp3) is 0.962. The molecule has 1 amide bonds. The molecule has 4 saturated carbocycles. The van der Waals surface area contributed by atoms with Gasteiger partial charge in [-0.25, -0.2) is 4.79 Å². The summed E-state index contributed by atoms with van der Waals surface area (Å²) in [4.78, 5) is 15.3. The van der Waals surface area contributed by atoms with Crippen LogP contribution in [0.5, 0.6) is 0 Å². The van der Waals surface area contributed by atoms with Crippen LogP contribution in [0.15, 0.2) is 0 Å². The highest BCUT2D eigenvalue weighted by atomic mass is 16.5. The Bertz CT molecular complexity index is 541. The van der Waals surface area contributed by atoms with Gasteiger partial charge >= 0.3 is 6.09 Å². The maximum Gasteiger partial charge on any atom is 0.407 e. The highest BCUT2D eigenvalue weighted by Gasteiger charge is 2.51. The highest BCUT2D eigenvalue weighted by molar-refractivity contribution is 5.67. The zero-order chi connectivity index (χ0) is 21.1. The molecule has 0 aromatic carbocycles. The van der Waals surface area contributed by atoms with E-state index in [1.54, 1.807) is 0 Å². The van der Waals surface area contributed by atoms with Gasteiger partial charge in [0.1, 0.15) is 0 Å². The number of hydrogen-bond donors (Lipinski definition) is 1. The zero-order valence-electron chi connectivity index (χ0n) is 19.8. The number of amides is 1. The summed E-state index contributed by atoms with van der Waals surface area (Å²) in [6.07, 6.45) is 14.5. The van der Waals surface area contributed by atoms with E-state index in [1.165, 1.54) is 64.2 Å². The van der Waals surface area contributed by atoms with Crippen molar-refractivity contribution in [1.29, 1.82) is 0 Å². The number of carbonyl (C=O) groups is 1. The minimum Gasteiger partial charge on any atom is -0.449 e. The molecule has 4 rings (SSSR count). The zero-order valence-corrected chi connectivity index (χ0v) is 19.8. The summed E-state index contributed by atoms with van der Waals surface area (Å²) in [5.41, 5.74) is 0. The molecule has 4 fully saturated rings. The fourth-order valence-electron chi connectivity index (χ4n) is 8.09. The van der Waals surface area contributed by atoms with Gasteiger partial charge in [0, 0.05) is 12.1 Å². The summed E-state index contributed by atoms with van der Waals surface area (Å²) in [6, 6.07) is 0.951. The first kappa shape index (κ1) is 22.4. The lowest BCUT2D eigenvalue weighted by Gasteiger charge is -2.39. The summed E-state index contributed by atoms with van der Waals surface area (Å²) in [5.74, 6) is 4.65. The quantitative estimate of drug-likeness (QED) is 0.588. The molecular formula is C26H46N2O2. The van der Waals surface area contributed by atoms with Gasteiger partial charge in [-0.05, 0) is 93.5 Å². The van der Waals surface area contributed by atoms with Crippen molar-refractivity contribution in [2.75, 3.05) is 19.7 Å². The maximum atomic E-state index is 12.7. The summed E-state index contributed by atoms with van der Waals surface area (Å²) >= 11 is 0. The topological polar surface area (TPSA) is 41.6 Å². The normalized spacial score (nSPS) is 41.2. The molecule has 0 bridgehead atoms. The third kappa shape index (κ3) is 4.69. The molecular weight excluding hydrogens is 372 g/mol. The second-order valence-corrected chi connectivity index (χ2v) is 10.9. The van der Waals surface area contributed by atoms with Crippen molar-refractivity contribution >= 4 is 6.09 Å². The van der Waals surface area contributed by atoms with Crippen molar-refractivity contribution in [3.05, 3.63) is 0 Å². The van der Waals surface area contributed by atoms with Crippen LogP contribution < -0.4 is 5.32 Å². The average Bonchev–Trinajstić information content (AvgIpc) is 3.09. The van der Waals surface area contributed by atoms with Crippen LogP contribution >= 0.6 is 0 Å². The van der Waals surface area contributed by atoms with E-state index in [0.717, 1.165) is 43.2 Å². The van der Waals surface area contributed by atoms with E-state index in [4.69, 9.17) is 4.74 Å². The Morgan fingerprint density at radius 3 is 1.97 bits per heavy atom. The van der Waals surface area contributed by atoms with Gasteiger partial charge in [-0.3, -0.25) is 0 Å². The van der Waals surface area contributed by atoms with Gasteiger partial charge in [-0.15, -0.1) is 0 Å². The first-order valence-electron chi connectivity index (χ1n) is 13.3. The average molecular weight is 419 g/mol. The lowest BCUT2D eigenvalue weighted by Crippen LogP contribution is -2.48. The van der Waals surface area contributed by atoms with Crippen LogP contribution in [0.25, 0.3) is 0 Å². The van der Waals surface area contributed by atoms with E-state index >= 15 is 0 Å². The Hall–Kier alpha value is -0.770. The smallest absolute Gasteiger partial charge is 0.407 e. The number of carbonyl (C=O) groups excluding carboxylic acids is 1. The lowest BCUT2D eigenvalue weighted by molar-refractivity contribution is 0.0760. The van der Waals surface area contributed by atoms with E-state index in [1.807, 2.05) is 0 Å². The van der Waals surface area contributed by atoms with E-state index in [0.29, 0.717) is 24.5 Å². The Balaban J connectivity index is 1.27. The largest absolute Gasteiger partial charge is 0.449 e. The van der Waals surface area contributed by atoms with Crippen molar-refractivity contribution < 1.29 is 9.53 Å². The molecule has 0 aromatic rings. The second-order valence-electron chi connectivity index (χ2n) is 10.9. The Kier molecular flexibility index (Phi) is 7.65. The van der Waals surface area contributed by atoms with Gasteiger partial charge in [0.05, 0.1) is 6.61 Å². The molecule has 0 heterocycles. The molecule has 7 atom stereocenters. The number of rotatable bonds is 6. The molecule has 30 heavy (non-hydrogen) atoms. The predicted octanol–water partition coefficient (Wildman–Crippen LogP) is 5.85. The molecule has 0 saturated heterocycles. The van der Waals surface area contributed by atoms with Crippen molar-refractivity contribution in [1.82, 2.24) is 10.2 Å². The van der Waals surface area contributed by atoms with Gasteiger partial charge < -0.3 is 15.0 Å². The molecule has 4 nitrogen and oxygen atoms in total. The minimum atomic E-state index is -0.153. The van der Waals surface area contributed by atoms with Crippen LogP contribution in [0.4, 0.5) is 4.79 Å². The number of ether oxygens (including phenoxy) is 1. The summed E-state index contributed by atoms with van der Waals surface area (Å²) in [5, 5.41) is 3.25. The molecule has 0 aromatic heterocycles. The molecule has 4 aliphatic rings. The van der Waals surface area contributed by atoms with Crippen LogP contribution in [0.2, 0.25) is 0 Å². The summed E-state index contributed by atoms with van der Waals surface area (Å²) in [7, 11) is 0. The Morgan fingerprint density at radius 1 is 0.867 bits per heavy atom. The predicted molar refractivity (Wildman–Crippen MR) is 122 cm³/mol. The SMILES string of the molecule is CCN(CC)C1CCC(NC(=O)OCC2C3CCCCC3C3CCCCC32)C(C)C1. The minimum absolute atomic E-state index is 0.153. The molecule has 0 spiro atoms. The number of nitrogens with zero attached hydrogens (tertiary/aromatic N) is 1. The first-order valence-corrected chi connectivity index (χ1v) is 13.3. The molecule has 0 aliphatic heterocycles. The number of nitrogens with one attached hydrogen (secondary N) is 1. The standard InChI is InChI=1S/C26H46N2O2/c1-4-28(5-2)19-14-15-25(18(3)16-19)27-26(29)30-17-24-22-12-8-6-10-20(22)21-11-7-9-13-23(21)24/h18-25H,4-17H2,1-3H3,(H,27,29). The molecule has 0 radical (unpaired) electrons. The van der Waals surface area contributed by atoms with Gasteiger partial charge in [-0.2, -0.15) is 0 Å². The Morgan fingerprint density at radius 2 is 1.43 bits per heavy atom. The van der Waals surface area contributed by atoms with Crippen LogP contribution in [0.3, 0.4) is 0 Å². The van der Waals surface area contributed by atoms with Crippen molar-refractivity contribution in [3.8, 4) is 0 Å². The van der Waals surface area contributed by atoms with Gasteiger partial charge in [0.25, 0.3) is 0 Å². The van der Waals surface area contributed by atoms with Crippen LogP contribution in [-0.2, 0) is 4.74 Å². The van der Waals surface area contributed by atoms with E-state index in [-0.39, 0.29) is 12.1 Å². The van der Waals surface area contributed by atoms with Gasteiger partial charge in [-0.1, -0.05) is 46.5 Å². The van der Waals surface area contributed by atoms with E-state index < -0.39 is 0 Å². The third-order valence-corrected chi connectivity index (χ3v) is 9.58. The number of alkyl carbamates (subject to hydrolysis) is 1. The van der Waals surface area contributed by atoms with Crippen molar-refractivity contribution in [2.24, 2.45) is 35.5 Å². The number of hydrogen-bond acceptors (Lipinski definition) is 3. The molecule has 4 heteroatoms. The third-order valence-electron chi connectivity index (χ3n) is 9.58. The first-order chi connectivity index (χ1) is 14.6. The number of fused-ring (bicyclic) bond motifs is 3. The second kappa shape index (κ2) is 10.2. The van der Waals surface area contributed by atoms with Crippen LogP contribution in [0.1, 0.15) is 91.4 Å². The fourth-order valence-corrected chi connectivity index (χ4v) is 8.09.